The minimum Gasteiger partial charge on any atom is -0.324 e. The molecule has 0 aromatic rings. The number of alkyl halides is 2. The number of hydrogen-bond acceptors (Lipinski definition) is 1. The minimum absolute atomic E-state index is 0.0264. The van der Waals surface area contributed by atoms with Gasteiger partial charge in [0.15, 0.2) is 0 Å². The van der Waals surface area contributed by atoms with Crippen molar-refractivity contribution in [2.75, 3.05) is 0 Å². The molecule has 0 heterocycles. The van der Waals surface area contributed by atoms with E-state index < -0.39 is 5.92 Å². The molecule has 0 aliphatic heterocycles. The van der Waals surface area contributed by atoms with Crippen LogP contribution in [0.2, 0.25) is 0 Å². The number of allylic oxidation sites excluding steroid dienone is 1. The summed E-state index contributed by atoms with van der Waals surface area (Å²) in [7, 11) is 0. The van der Waals surface area contributed by atoms with Gasteiger partial charge in [0, 0.05) is 18.9 Å². The Bertz CT molecular complexity index is 263. The van der Waals surface area contributed by atoms with Crippen LogP contribution >= 0.6 is 0 Å². The molecule has 2 N–H and O–H groups in total. The van der Waals surface area contributed by atoms with Crippen LogP contribution in [-0.2, 0) is 0 Å². The molecule has 3 heteroatoms. The Morgan fingerprint density at radius 1 is 1.25 bits per heavy atom. The van der Waals surface area contributed by atoms with E-state index in [0.29, 0.717) is 12.8 Å². The van der Waals surface area contributed by atoms with E-state index in [1.165, 1.54) is 18.4 Å². The highest BCUT2D eigenvalue weighted by atomic mass is 19.3. The average molecular weight is 229 g/mol. The Hall–Kier alpha value is -0.440. The Kier molecular flexibility index (Phi) is 3.63. The summed E-state index contributed by atoms with van der Waals surface area (Å²) >= 11 is 0. The molecule has 0 amide bonds. The maximum absolute atomic E-state index is 13.0. The highest BCUT2D eigenvalue weighted by molar-refractivity contribution is 5.14. The zero-order valence-electron chi connectivity index (χ0n) is 9.72. The highest BCUT2D eigenvalue weighted by Gasteiger charge is 2.37. The second-order valence-electron chi connectivity index (χ2n) is 5.24. The first-order valence-electron chi connectivity index (χ1n) is 6.41. The van der Waals surface area contributed by atoms with E-state index in [0.717, 1.165) is 12.8 Å². The maximum atomic E-state index is 13.0. The first-order chi connectivity index (χ1) is 7.58. The van der Waals surface area contributed by atoms with Gasteiger partial charge in [-0.3, -0.25) is 0 Å². The zero-order valence-corrected chi connectivity index (χ0v) is 9.72. The van der Waals surface area contributed by atoms with Crippen molar-refractivity contribution >= 4 is 0 Å². The fourth-order valence-corrected chi connectivity index (χ4v) is 2.89. The monoisotopic (exact) mass is 229 g/mol. The number of hydrogen-bond donors (Lipinski definition) is 1. The molecule has 1 atom stereocenters. The van der Waals surface area contributed by atoms with Crippen LogP contribution in [0.1, 0.15) is 51.4 Å². The van der Waals surface area contributed by atoms with E-state index in [9.17, 15) is 8.78 Å². The van der Waals surface area contributed by atoms with Gasteiger partial charge in [0.1, 0.15) is 0 Å². The topological polar surface area (TPSA) is 26.0 Å². The normalized spacial score (nSPS) is 28.6. The van der Waals surface area contributed by atoms with Gasteiger partial charge in [-0.25, -0.2) is 8.78 Å². The second-order valence-corrected chi connectivity index (χ2v) is 5.24. The van der Waals surface area contributed by atoms with E-state index in [-0.39, 0.29) is 24.8 Å². The van der Waals surface area contributed by atoms with Crippen molar-refractivity contribution in [1.82, 2.24) is 0 Å². The molecular formula is C13H21F2N. The molecule has 0 saturated heterocycles. The molecule has 1 saturated carbocycles. The Morgan fingerprint density at radius 2 is 1.94 bits per heavy atom. The van der Waals surface area contributed by atoms with Gasteiger partial charge in [0.2, 0.25) is 5.92 Å². The quantitative estimate of drug-likeness (QED) is 0.719. The van der Waals surface area contributed by atoms with E-state index in [1.807, 2.05) is 0 Å². The van der Waals surface area contributed by atoms with Gasteiger partial charge in [0.25, 0.3) is 0 Å². The maximum Gasteiger partial charge on any atom is 0.248 e. The van der Waals surface area contributed by atoms with Crippen molar-refractivity contribution in [3.63, 3.8) is 0 Å². The molecule has 1 nitrogen and oxygen atoms in total. The third-order valence-corrected chi connectivity index (χ3v) is 4.02. The zero-order chi connectivity index (χ0) is 11.6. The summed E-state index contributed by atoms with van der Waals surface area (Å²) in [5.41, 5.74) is 7.52. The lowest BCUT2D eigenvalue weighted by atomic mass is 9.78. The molecule has 0 aromatic heterocycles. The number of halogens is 2. The van der Waals surface area contributed by atoms with Gasteiger partial charge in [-0.15, -0.1) is 0 Å². The van der Waals surface area contributed by atoms with Gasteiger partial charge in [-0.1, -0.05) is 11.6 Å². The minimum atomic E-state index is -2.43. The van der Waals surface area contributed by atoms with E-state index >= 15 is 0 Å². The van der Waals surface area contributed by atoms with Crippen LogP contribution in [-0.4, -0.2) is 12.0 Å². The molecule has 92 valence electrons. The largest absolute Gasteiger partial charge is 0.324 e. The summed E-state index contributed by atoms with van der Waals surface area (Å²) in [6.07, 6.45) is 8.12. The van der Waals surface area contributed by atoms with Crippen molar-refractivity contribution in [3.05, 3.63) is 11.6 Å². The molecule has 2 rings (SSSR count). The van der Waals surface area contributed by atoms with Gasteiger partial charge in [-0.05, 0) is 44.4 Å². The van der Waals surface area contributed by atoms with Gasteiger partial charge in [0.05, 0.1) is 0 Å². The summed E-state index contributed by atoms with van der Waals surface area (Å²) in [4.78, 5) is 0. The van der Waals surface area contributed by atoms with Gasteiger partial charge >= 0.3 is 0 Å². The molecule has 16 heavy (non-hydrogen) atoms. The summed E-state index contributed by atoms with van der Waals surface area (Å²) in [6, 6.07) is 0.0383. The third-order valence-electron chi connectivity index (χ3n) is 4.02. The number of rotatable bonds is 2. The highest BCUT2D eigenvalue weighted by Crippen LogP contribution is 2.39. The molecular weight excluding hydrogens is 208 g/mol. The van der Waals surface area contributed by atoms with Crippen LogP contribution in [0, 0.1) is 5.92 Å². The first-order valence-corrected chi connectivity index (χ1v) is 6.41. The Balaban J connectivity index is 1.91. The van der Waals surface area contributed by atoms with Crippen LogP contribution in [0.4, 0.5) is 8.78 Å². The van der Waals surface area contributed by atoms with Crippen molar-refractivity contribution < 1.29 is 8.78 Å². The van der Waals surface area contributed by atoms with Crippen LogP contribution in [0.15, 0.2) is 11.6 Å². The molecule has 0 aromatic carbocycles. The van der Waals surface area contributed by atoms with Crippen molar-refractivity contribution in [1.29, 1.82) is 0 Å². The predicted molar refractivity (Wildman–Crippen MR) is 61.4 cm³/mol. The van der Waals surface area contributed by atoms with Crippen molar-refractivity contribution in [2.24, 2.45) is 11.7 Å². The van der Waals surface area contributed by atoms with Crippen LogP contribution in [0.5, 0.6) is 0 Å². The Labute approximate surface area is 96.1 Å². The summed E-state index contributed by atoms with van der Waals surface area (Å²) in [6.45, 7) is 0. The lowest BCUT2D eigenvalue weighted by Crippen LogP contribution is -2.37. The second kappa shape index (κ2) is 4.82. The van der Waals surface area contributed by atoms with E-state index in [1.54, 1.807) is 0 Å². The fraction of sp³-hybridized carbons (Fsp3) is 0.846. The lowest BCUT2D eigenvalue weighted by molar-refractivity contribution is -0.0472. The third kappa shape index (κ3) is 2.82. The molecule has 0 bridgehead atoms. The standard InChI is InChI=1S/C13H21F2N/c14-13(15)8-6-11(7-9-13)12(16)10-4-2-1-3-5-10/h4,11-12H,1-3,5-9,16H2. The average Bonchev–Trinajstić information content (AvgIpc) is 2.29. The van der Waals surface area contributed by atoms with Crippen molar-refractivity contribution in [2.45, 2.75) is 63.3 Å². The summed E-state index contributed by atoms with van der Waals surface area (Å²) in [5.74, 6) is -2.15. The van der Waals surface area contributed by atoms with E-state index in [2.05, 4.69) is 6.08 Å². The molecule has 0 spiro atoms. The SMILES string of the molecule is NC(C1=CCCCC1)C1CCC(F)(F)CC1. The number of nitrogens with two attached hydrogens (primary N) is 1. The van der Waals surface area contributed by atoms with Gasteiger partial charge < -0.3 is 5.73 Å². The molecule has 1 unspecified atom stereocenters. The smallest absolute Gasteiger partial charge is 0.248 e. The molecule has 2 aliphatic rings. The lowest BCUT2D eigenvalue weighted by Gasteiger charge is -2.33. The van der Waals surface area contributed by atoms with Crippen LogP contribution in [0.3, 0.4) is 0 Å². The first kappa shape index (κ1) is 12.0. The molecule has 0 radical (unpaired) electrons. The summed E-state index contributed by atoms with van der Waals surface area (Å²) < 4.78 is 26.1. The Morgan fingerprint density at radius 3 is 2.50 bits per heavy atom. The van der Waals surface area contributed by atoms with Crippen molar-refractivity contribution in [3.8, 4) is 0 Å². The van der Waals surface area contributed by atoms with Crippen LogP contribution in [0.25, 0.3) is 0 Å². The van der Waals surface area contributed by atoms with E-state index in [4.69, 9.17) is 5.73 Å². The molecule has 2 aliphatic carbocycles. The fourth-order valence-electron chi connectivity index (χ4n) is 2.89. The summed E-state index contributed by atoms with van der Waals surface area (Å²) in [5, 5.41) is 0. The van der Waals surface area contributed by atoms with Crippen LogP contribution < -0.4 is 5.73 Å². The molecule has 1 fully saturated rings. The van der Waals surface area contributed by atoms with Gasteiger partial charge in [-0.2, -0.15) is 0 Å². The predicted octanol–water partition coefficient (Wildman–Crippen LogP) is 3.64.